The Morgan fingerprint density at radius 2 is 1.57 bits per heavy atom. The Kier molecular flexibility index (Phi) is 11.0. The second-order valence-electron chi connectivity index (χ2n) is 7.30. The summed E-state index contributed by atoms with van der Waals surface area (Å²) in [6.07, 6.45) is 9.12. The molecule has 0 saturated heterocycles. The molecule has 1 aromatic carbocycles. The van der Waals surface area contributed by atoms with Gasteiger partial charge in [0, 0.05) is 24.4 Å². The lowest BCUT2D eigenvalue weighted by atomic mass is 10.0. The summed E-state index contributed by atoms with van der Waals surface area (Å²) in [5, 5.41) is 2.97. The summed E-state index contributed by atoms with van der Waals surface area (Å²) < 4.78 is 31.0. The monoisotopic (exact) mass is 411 g/mol. The molecule has 0 spiro atoms. The van der Waals surface area contributed by atoms with E-state index in [0.717, 1.165) is 12.8 Å². The van der Waals surface area contributed by atoms with E-state index in [1.165, 1.54) is 49.9 Å². The van der Waals surface area contributed by atoms with Gasteiger partial charge >= 0.3 is 0 Å². The third kappa shape index (κ3) is 9.99. The van der Waals surface area contributed by atoms with Crippen molar-refractivity contribution in [3.05, 3.63) is 29.8 Å². The normalized spacial score (nSPS) is 12.5. The molecule has 0 bridgehead atoms. The van der Waals surface area contributed by atoms with Crippen LogP contribution in [-0.4, -0.2) is 30.7 Å². The van der Waals surface area contributed by atoms with E-state index in [4.69, 9.17) is 4.55 Å². The highest BCUT2D eigenvalue weighted by atomic mass is 32.2. The van der Waals surface area contributed by atoms with Crippen LogP contribution in [0.3, 0.4) is 0 Å². The summed E-state index contributed by atoms with van der Waals surface area (Å²) in [5.74, 6) is -0.0254. The zero-order valence-electron chi connectivity index (χ0n) is 16.9. The maximum Gasteiger partial charge on any atom is 0.294 e. The molecule has 0 aliphatic carbocycles. The number of nitrogens with one attached hydrogen (secondary N) is 1. The van der Waals surface area contributed by atoms with Gasteiger partial charge in [0.1, 0.15) is 0 Å². The number of rotatable bonds is 14. The highest BCUT2D eigenvalue weighted by molar-refractivity contribution is 7.85. The minimum Gasteiger partial charge on any atom is -0.354 e. The Labute approximate surface area is 168 Å². The van der Waals surface area contributed by atoms with Crippen LogP contribution in [0, 0.1) is 0 Å². The molecular weight excluding hydrogens is 378 g/mol. The number of hydrogen-bond acceptors (Lipinski definition) is 4. The third-order valence-corrected chi connectivity index (χ3v) is 5.55. The van der Waals surface area contributed by atoms with Crippen LogP contribution in [0.2, 0.25) is 0 Å². The minimum absolute atomic E-state index is 0.0160. The van der Waals surface area contributed by atoms with Gasteiger partial charge in [0.05, 0.1) is 4.90 Å². The molecule has 2 N–H and O–H groups in total. The largest absolute Gasteiger partial charge is 0.354 e. The fourth-order valence-electron chi connectivity index (χ4n) is 3.01. The Balaban J connectivity index is 2.23. The zero-order chi connectivity index (χ0) is 21.0. The lowest BCUT2D eigenvalue weighted by Gasteiger charge is -2.13. The maximum atomic E-state index is 12.2. The molecule has 0 aliphatic rings. The number of benzene rings is 1. The molecule has 1 atom stereocenters. The van der Waals surface area contributed by atoms with Crippen molar-refractivity contribution in [2.75, 3.05) is 0 Å². The molecule has 1 amide bonds. The summed E-state index contributed by atoms with van der Waals surface area (Å²) in [5.41, 5.74) is 0.409. The SMILES string of the molecule is CCCCCCCCC(=O)NC(C)CCCC(=O)c1ccc(S(=O)(=O)O)cc1. The van der Waals surface area contributed by atoms with Crippen molar-refractivity contribution >= 4 is 21.8 Å². The molecule has 0 aliphatic heterocycles. The topological polar surface area (TPSA) is 101 Å². The van der Waals surface area contributed by atoms with Crippen molar-refractivity contribution in [1.29, 1.82) is 0 Å². The lowest BCUT2D eigenvalue weighted by molar-refractivity contribution is -0.121. The summed E-state index contributed by atoms with van der Waals surface area (Å²) in [6, 6.07) is 5.25. The van der Waals surface area contributed by atoms with Crippen LogP contribution in [0.15, 0.2) is 29.2 Å². The third-order valence-electron chi connectivity index (χ3n) is 4.68. The van der Waals surface area contributed by atoms with Gasteiger partial charge in [-0.25, -0.2) is 0 Å². The molecule has 0 heterocycles. The first kappa shape index (κ1) is 24.3. The van der Waals surface area contributed by atoms with Crippen LogP contribution < -0.4 is 5.32 Å². The van der Waals surface area contributed by atoms with Crippen LogP contribution >= 0.6 is 0 Å². The highest BCUT2D eigenvalue weighted by Gasteiger charge is 2.12. The summed E-state index contributed by atoms with van der Waals surface area (Å²) >= 11 is 0. The fourth-order valence-corrected chi connectivity index (χ4v) is 3.49. The van der Waals surface area contributed by atoms with Gasteiger partial charge in [0.2, 0.25) is 5.91 Å². The average Bonchev–Trinajstić information content (AvgIpc) is 2.63. The Hall–Kier alpha value is -1.73. The van der Waals surface area contributed by atoms with Crippen molar-refractivity contribution in [2.45, 2.75) is 89.0 Å². The lowest BCUT2D eigenvalue weighted by Crippen LogP contribution is -2.32. The number of unbranched alkanes of at least 4 members (excludes halogenated alkanes) is 5. The Morgan fingerprint density at radius 3 is 2.18 bits per heavy atom. The predicted molar refractivity (Wildman–Crippen MR) is 110 cm³/mol. The van der Waals surface area contributed by atoms with Gasteiger partial charge in [-0.15, -0.1) is 0 Å². The van der Waals surface area contributed by atoms with Crippen molar-refractivity contribution in [3.63, 3.8) is 0 Å². The molecule has 6 nitrogen and oxygen atoms in total. The average molecular weight is 412 g/mol. The van der Waals surface area contributed by atoms with Gasteiger partial charge in [-0.1, -0.05) is 51.2 Å². The van der Waals surface area contributed by atoms with Crippen LogP contribution in [-0.2, 0) is 14.9 Å². The zero-order valence-corrected chi connectivity index (χ0v) is 17.8. The van der Waals surface area contributed by atoms with Gasteiger partial charge in [-0.2, -0.15) is 8.42 Å². The standard InChI is InChI=1S/C21H33NO5S/c1-3-4-5-6-7-8-12-21(24)22-17(2)10-9-11-20(23)18-13-15-19(16-14-18)28(25,26)27/h13-17H,3-12H2,1-2H3,(H,22,24)(H,25,26,27). The van der Waals surface area contributed by atoms with E-state index in [9.17, 15) is 18.0 Å². The van der Waals surface area contributed by atoms with E-state index in [1.807, 2.05) is 6.92 Å². The molecule has 0 fully saturated rings. The Morgan fingerprint density at radius 1 is 0.964 bits per heavy atom. The van der Waals surface area contributed by atoms with Crippen molar-refractivity contribution in [3.8, 4) is 0 Å². The second kappa shape index (κ2) is 12.7. The first-order valence-corrected chi connectivity index (χ1v) is 11.6. The summed E-state index contributed by atoms with van der Waals surface area (Å²) in [4.78, 5) is 23.9. The molecular formula is C21H33NO5S. The second-order valence-corrected chi connectivity index (χ2v) is 8.72. The van der Waals surface area contributed by atoms with Gasteiger partial charge in [-0.05, 0) is 38.3 Å². The number of ketones is 1. The number of amides is 1. The van der Waals surface area contributed by atoms with E-state index < -0.39 is 10.1 Å². The molecule has 0 aromatic heterocycles. The van der Waals surface area contributed by atoms with Gasteiger partial charge in [0.25, 0.3) is 10.1 Å². The van der Waals surface area contributed by atoms with Gasteiger partial charge in [-0.3, -0.25) is 14.1 Å². The van der Waals surface area contributed by atoms with E-state index in [-0.39, 0.29) is 22.6 Å². The molecule has 158 valence electrons. The summed E-state index contributed by atoms with van der Waals surface area (Å²) in [6.45, 7) is 4.12. The minimum atomic E-state index is -4.25. The van der Waals surface area contributed by atoms with E-state index in [2.05, 4.69) is 12.2 Å². The molecule has 1 aromatic rings. The van der Waals surface area contributed by atoms with Crippen molar-refractivity contribution in [2.24, 2.45) is 0 Å². The van der Waals surface area contributed by atoms with E-state index in [0.29, 0.717) is 31.2 Å². The first-order chi connectivity index (χ1) is 13.2. The quantitative estimate of drug-likeness (QED) is 0.266. The van der Waals surface area contributed by atoms with Crippen LogP contribution in [0.4, 0.5) is 0 Å². The number of carbonyl (C=O) groups is 2. The Bertz CT molecular complexity index is 713. The van der Waals surface area contributed by atoms with Crippen molar-refractivity contribution < 1.29 is 22.6 Å². The van der Waals surface area contributed by atoms with Crippen molar-refractivity contribution in [1.82, 2.24) is 5.32 Å². The van der Waals surface area contributed by atoms with Crippen LogP contribution in [0.25, 0.3) is 0 Å². The van der Waals surface area contributed by atoms with E-state index in [1.54, 1.807) is 0 Å². The maximum absolute atomic E-state index is 12.2. The van der Waals surface area contributed by atoms with Gasteiger partial charge in [0.15, 0.2) is 5.78 Å². The molecule has 1 rings (SSSR count). The number of hydrogen-bond donors (Lipinski definition) is 2. The van der Waals surface area contributed by atoms with E-state index >= 15 is 0 Å². The first-order valence-electron chi connectivity index (χ1n) is 10.1. The molecule has 0 radical (unpaired) electrons. The number of carbonyl (C=O) groups excluding carboxylic acids is 2. The molecule has 7 heteroatoms. The summed E-state index contributed by atoms with van der Waals surface area (Å²) in [7, 11) is -4.25. The molecule has 1 unspecified atom stereocenters. The van der Waals surface area contributed by atoms with Gasteiger partial charge < -0.3 is 5.32 Å². The molecule has 0 saturated carbocycles. The molecule has 28 heavy (non-hydrogen) atoms. The predicted octanol–water partition coefficient (Wildman–Crippen LogP) is 4.54. The highest BCUT2D eigenvalue weighted by Crippen LogP contribution is 2.13. The fraction of sp³-hybridized carbons (Fsp3) is 0.619. The number of Topliss-reactive ketones (excluding diaryl/α,β-unsaturated/α-hetero) is 1. The smallest absolute Gasteiger partial charge is 0.294 e. The van der Waals surface area contributed by atoms with Crippen LogP contribution in [0.1, 0.15) is 88.4 Å². The van der Waals surface area contributed by atoms with Crippen LogP contribution in [0.5, 0.6) is 0 Å².